The van der Waals surface area contributed by atoms with E-state index in [1.54, 1.807) is 7.11 Å². The Labute approximate surface area is 213 Å². The number of carbonyl (C=O) groups excluding carboxylic acids is 1. The number of piperidine rings is 1. The van der Waals surface area contributed by atoms with Gasteiger partial charge in [0.1, 0.15) is 11.4 Å². The van der Waals surface area contributed by atoms with Gasteiger partial charge in [-0.25, -0.2) is 4.79 Å². The second-order valence-electron chi connectivity index (χ2n) is 9.37. The molecule has 0 radical (unpaired) electrons. The van der Waals surface area contributed by atoms with Crippen LogP contribution in [0.2, 0.25) is 0 Å². The Morgan fingerprint density at radius 2 is 1.95 bits per heavy atom. The fourth-order valence-electron chi connectivity index (χ4n) is 4.75. The molecule has 1 aromatic carbocycles. The van der Waals surface area contributed by atoms with Crippen LogP contribution in [-0.4, -0.2) is 76.8 Å². The van der Waals surface area contributed by atoms with Crippen molar-refractivity contribution in [1.29, 1.82) is 0 Å². The maximum atomic E-state index is 12.5. The highest BCUT2D eigenvalue weighted by Crippen LogP contribution is 2.46. The van der Waals surface area contributed by atoms with Gasteiger partial charge in [0.25, 0.3) is 0 Å². The molecule has 9 nitrogen and oxygen atoms in total. The first-order valence-electron chi connectivity index (χ1n) is 12.0. The zero-order chi connectivity index (χ0) is 27.1. The number of alkyl halides is 3. The Hall–Kier alpha value is -3.12. The van der Waals surface area contributed by atoms with Crippen LogP contribution in [0.3, 0.4) is 0 Å². The van der Waals surface area contributed by atoms with Crippen molar-refractivity contribution >= 4 is 11.9 Å². The molecule has 1 amide bonds. The molecule has 1 unspecified atom stereocenters. The van der Waals surface area contributed by atoms with Crippen LogP contribution in [0.4, 0.5) is 13.2 Å². The van der Waals surface area contributed by atoms with Crippen LogP contribution >= 0.6 is 0 Å². The molecule has 1 spiro atoms. The monoisotopic (exact) mass is 526 g/mol. The van der Waals surface area contributed by atoms with Gasteiger partial charge in [0.2, 0.25) is 5.91 Å². The minimum atomic E-state index is -5.08. The zero-order valence-electron chi connectivity index (χ0n) is 21.0. The molecule has 2 aliphatic heterocycles. The van der Waals surface area contributed by atoms with Gasteiger partial charge in [0.05, 0.1) is 12.8 Å². The highest BCUT2D eigenvalue weighted by atomic mass is 19.4. The second-order valence-corrected chi connectivity index (χ2v) is 9.37. The van der Waals surface area contributed by atoms with Crippen molar-refractivity contribution in [2.45, 2.75) is 49.9 Å². The SMILES string of the molecule is COCCNC(=O)CC1CC2(CCN(Cc3cnn(C)c3)CC2)Oc2ccccc21.O=C(O)C(F)(F)F. The van der Waals surface area contributed by atoms with E-state index < -0.39 is 12.1 Å². The van der Waals surface area contributed by atoms with Crippen molar-refractivity contribution < 1.29 is 37.3 Å². The lowest BCUT2D eigenvalue weighted by molar-refractivity contribution is -0.192. The summed E-state index contributed by atoms with van der Waals surface area (Å²) in [4.78, 5) is 23.9. The molecule has 2 N–H and O–H groups in total. The van der Waals surface area contributed by atoms with Crippen LogP contribution in [0.15, 0.2) is 36.7 Å². The molecule has 1 aromatic heterocycles. The Balaban J connectivity index is 0.000000479. The maximum Gasteiger partial charge on any atom is 0.490 e. The lowest BCUT2D eigenvalue weighted by Crippen LogP contribution is -2.50. The predicted molar refractivity (Wildman–Crippen MR) is 128 cm³/mol. The molecule has 37 heavy (non-hydrogen) atoms. The van der Waals surface area contributed by atoms with E-state index in [0.29, 0.717) is 19.6 Å². The minimum absolute atomic E-state index is 0.0814. The van der Waals surface area contributed by atoms with Crippen LogP contribution < -0.4 is 10.1 Å². The molecule has 2 aromatic rings. The van der Waals surface area contributed by atoms with Crippen molar-refractivity contribution in [2.75, 3.05) is 33.4 Å². The Kier molecular flexibility index (Phi) is 9.55. The molecular weight excluding hydrogens is 493 g/mol. The highest BCUT2D eigenvalue weighted by molar-refractivity contribution is 5.77. The van der Waals surface area contributed by atoms with Gasteiger partial charge in [-0.2, -0.15) is 18.3 Å². The standard InChI is InChI=1S/C23H32N4O3.C2HF3O2/c1-26-16-18(15-25-26)17-27-10-7-23(8-11-27)14-19(13-22(28)24-9-12-29-2)20-5-3-4-6-21(20)30-23;3-2(4,5)1(6)7/h3-6,15-16,19H,7-14,17H2,1-2H3,(H,24,28);(H,6,7). The van der Waals surface area contributed by atoms with Crippen LogP contribution in [-0.2, 0) is 27.9 Å². The van der Waals surface area contributed by atoms with Crippen LogP contribution in [0.1, 0.15) is 42.7 Å². The molecule has 0 saturated carbocycles. The molecule has 1 saturated heterocycles. The summed E-state index contributed by atoms with van der Waals surface area (Å²) in [6, 6.07) is 8.21. The number of halogens is 3. The number of benzene rings is 1. The molecule has 1 fully saturated rings. The first-order chi connectivity index (χ1) is 17.5. The van der Waals surface area contributed by atoms with Gasteiger partial charge in [0.15, 0.2) is 0 Å². The number of fused-ring (bicyclic) bond motifs is 1. The second kappa shape index (κ2) is 12.4. The third-order valence-corrected chi connectivity index (χ3v) is 6.54. The topological polar surface area (TPSA) is 106 Å². The summed E-state index contributed by atoms with van der Waals surface area (Å²) in [5.41, 5.74) is 2.22. The van der Waals surface area contributed by atoms with Crippen molar-refractivity contribution in [3.05, 3.63) is 47.8 Å². The van der Waals surface area contributed by atoms with Crippen molar-refractivity contribution in [2.24, 2.45) is 7.05 Å². The summed E-state index contributed by atoms with van der Waals surface area (Å²) in [7, 11) is 3.60. The van der Waals surface area contributed by atoms with Gasteiger partial charge in [-0.05, 0) is 30.9 Å². The van der Waals surface area contributed by atoms with Gasteiger partial charge < -0.3 is 19.9 Å². The molecule has 1 atom stereocenters. The van der Waals surface area contributed by atoms with Gasteiger partial charge in [0, 0.05) is 64.4 Å². The van der Waals surface area contributed by atoms with E-state index in [-0.39, 0.29) is 17.4 Å². The third-order valence-electron chi connectivity index (χ3n) is 6.54. The number of likely N-dealkylation sites (tertiary alicyclic amines) is 1. The number of methoxy groups -OCH3 is 1. The third kappa shape index (κ3) is 8.19. The summed E-state index contributed by atoms with van der Waals surface area (Å²) in [5.74, 6) is -1.55. The van der Waals surface area contributed by atoms with E-state index in [2.05, 4.69) is 27.6 Å². The lowest BCUT2D eigenvalue weighted by Gasteiger charge is -2.47. The molecule has 3 heterocycles. The number of para-hydroxylation sites is 1. The van der Waals surface area contributed by atoms with E-state index in [1.807, 2.05) is 36.1 Å². The zero-order valence-corrected chi connectivity index (χ0v) is 21.0. The Bertz CT molecular complexity index is 1050. The Morgan fingerprint density at radius 1 is 1.27 bits per heavy atom. The summed E-state index contributed by atoms with van der Waals surface area (Å²) < 4.78 is 45.2. The summed E-state index contributed by atoms with van der Waals surface area (Å²) in [6.45, 7) is 3.99. The van der Waals surface area contributed by atoms with Crippen molar-refractivity contribution in [3.8, 4) is 5.75 Å². The molecule has 4 rings (SSSR count). The average molecular weight is 527 g/mol. The van der Waals surface area contributed by atoms with Crippen molar-refractivity contribution in [1.82, 2.24) is 20.0 Å². The largest absolute Gasteiger partial charge is 0.490 e. The van der Waals surface area contributed by atoms with Crippen LogP contribution in [0.25, 0.3) is 0 Å². The normalized spacial score (nSPS) is 18.8. The van der Waals surface area contributed by atoms with Gasteiger partial charge >= 0.3 is 12.1 Å². The molecular formula is C25H33F3N4O5. The summed E-state index contributed by atoms with van der Waals surface area (Å²) in [5, 5.41) is 14.4. The number of rotatable bonds is 7. The van der Waals surface area contributed by atoms with E-state index in [9.17, 15) is 18.0 Å². The van der Waals surface area contributed by atoms with E-state index >= 15 is 0 Å². The Morgan fingerprint density at radius 3 is 2.54 bits per heavy atom. The molecule has 0 aliphatic carbocycles. The number of nitrogens with one attached hydrogen (secondary N) is 1. The number of ether oxygens (including phenoxy) is 2. The fraction of sp³-hybridized carbons (Fsp3) is 0.560. The van der Waals surface area contributed by atoms with Crippen LogP contribution in [0, 0.1) is 0 Å². The van der Waals surface area contributed by atoms with E-state index in [1.165, 1.54) is 5.56 Å². The smallest absolute Gasteiger partial charge is 0.487 e. The molecule has 2 aliphatic rings. The minimum Gasteiger partial charge on any atom is -0.487 e. The first kappa shape index (κ1) is 28.5. The fourth-order valence-corrected chi connectivity index (χ4v) is 4.75. The quantitative estimate of drug-likeness (QED) is 0.534. The summed E-state index contributed by atoms with van der Waals surface area (Å²) >= 11 is 0. The number of aromatic nitrogens is 2. The first-order valence-corrected chi connectivity index (χ1v) is 12.0. The van der Waals surface area contributed by atoms with Crippen molar-refractivity contribution in [3.63, 3.8) is 0 Å². The maximum absolute atomic E-state index is 12.5. The van der Waals surface area contributed by atoms with Gasteiger partial charge in [-0.1, -0.05) is 18.2 Å². The number of carboxylic acid groups (broad SMARTS) is 1. The van der Waals surface area contributed by atoms with Crippen LogP contribution in [0.5, 0.6) is 5.75 Å². The number of aryl methyl sites for hydroxylation is 1. The van der Waals surface area contributed by atoms with E-state index in [4.69, 9.17) is 19.4 Å². The molecule has 12 heteroatoms. The number of nitrogens with zero attached hydrogens (tertiary/aromatic N) is 3. The highest BCUT2D eigenvalue weighted by Gasteiger charge is 2.43. The number of carboxylic acids is 1. The predicted octanol–water partition coefficient (Wildman–Crippen LogP) is 3.11. The molecule has 204 valence electrons. The van der Waals surface area contributed by atoms with Gasteiger partial charge in [-0.15, -0.1) is 0 Å². The number of amides is 1. The number of hydrogen-bond acceptors (Lipinski definition) is 6. The van der Waals surface area contributed by atoms with Gasteiger partial charge in [-0.3, -0.25) is 14.4 Å². The molecule has 0 bridgehead atoms. The summed E-state index contributed by atoms with van der Waals surface area (Å²) in [6.07, 6.45) is 2.27. The number of hydrogen-bond donors (Lipinski definition) is 2. The lowest BCUT2D eigenvalue weighted by atomic mass is 9.76. The number of carbonyl (C=O) groups is 2. The number of aliphatic carboxylic acids is 1. The van der Waals surface area contributed by atoms with E-state index in [0.717, 1.165) is 50.2 Å². The average Bonchev–Trinajstić information content (AvgIpc) is 3.25.